The van der Waals surface area contributed by atoms with Crippen LogP contribution in [0.25, 0.3) is 21.8 Å². The van der Waals surface area contributed by atoms with Gasteiger partial charge in [-0.1, -0.05) is 12.1 Å². The van der Waals surface area contributed by atoms with E-state index in [1.54, 1.807) is 0 Å². The van der Waals surface area contributed by atoms with E-state index in [9.17, 15) is 5.11 Å². The molecule has 1 N–H and O–H groups in total. The van der Waals surface area contributed by atoms with Crippen molar-refractivity contribution in [3.05, 3.63) is 42.0 Å². The van der Waals surface area contributed by atoms with E-state index in [4.69, 9.17) is 4.74 Å². The molecule has 1 aromatic heterocycles. The van der Waals surface area contributed by atoms with E-state index < -0.39 is 0 Å². The third-order valence-electron chi connectivity index (χ3n) is 4.79. The molecule has 4 nitrogen and oxygen atoms in total. The molecule has 0 spiro atoms. The standard InChI is InChI=1S/C19H22N2O2/c1-2-21-18-6-3-14(13-22)11-17(18)16-5-4-15(12-19(16)21)20-7-9-23-10-8-20/h3-6,11-12,22H,2,7-10,13H2,1H3. The van der Waals surface area contributed by atoms with Crippen LogP contribution >= 0.6 is 0 Å². The molecule has 4 heteroatoms. The number of aromatic nitrogens is 1. The van der Waals surface area contributed by atoms with E-state index in [0.29, 0.717) is 0 Å². The lowest BCUT2D eigenvalue weighted by Gasteiger charge is -2.29. The molecular formula is C19H22N2O2. The quantitative estimate of drug-likeness (QED) is 0.807. The van der Waals surface area contributed by atoms with Crippen LogP contribution in [0.3, 0.4) is 0 Å². The molecule has 1 aliphatic heterocycles. The van der Waals surface area contributed by atoms with Crippen molar-refractivity contribution in [1.29, 1.82) is 0 Å². The molecule has 0 unspecified atom stereocenters. The molecular weight excluding hydrogens is 288 g/mol. The highest BCUT2D eigenvalue weighted by Gasteiger charge is 2.15. The van der Waals surface area contributed by atoms with E-state index in [1.165, 1.54) is 27.5 Å². The van der Waals surface area contributed by atoms with Crippen LogP contribution in [0, 0.1) is 0 Å². The highest BCUT2D eigenvalue weighted by molar-refractivity contribution is 6.09. The number of hydrogen-bond donors (Lipinski definition) is 1. The van der Waals surface area contributed by atoms with Crippen LogP contribution in [0.4, 0.5) is 5.69 Å². The average molecular weight is 310 g/mol. The smallest absolute Gasteiger partial charge is 0.0682 e. The van der Waals surface area contributed by atoms with Gasteiger partial charge in [0.05, 0.1) is 25.3 Å². The molecule has 0 aliphatic carbocycles. The first-order chi connectivity index (χ1) is 11.3. The predicted octanol–water partition coefficient (Wildman–Crippen LogP) is 3.14. The summed E-state index contributed by atoms with van der Waals surface area (Å²) in [5.74, 6) is 0. The Hall–Kier alpha value is -2.04. The normalized spacial score (nSPS) is 15.7. The summed E-state index contributed by atoms with van der Waals surface area (Å²) in [6.45, 7) is 6.70. The van der Waals surface area contributed by atoms with Crippen LogP contribution in [-0.2, 0) is 17.9 Å². The second kappa shape index (κ2) is 5.87. The fourth-order valence-electron chi connectivity index (χ4n) is 3.59. The lowest BCUT2D eigenvalue weighted by Crippen LogP contribution is -2.36. The minimum absolute atomic E-state index is 0.0839. The van der Waals surface area contributed by atoms with Crippen molar-refractivity contribution in [2.24, 2.45) is 0 Å². The van der Waals surface area contributed by atoms with Crippen LogP contribution in [0.15, 0.2) is 36.4 Å². The number of nitrogens with zero attached hydrogens (tertiary/aromatic N) is 2. The van der Waals surface area contributed by atoms with E-state index in [1.807, 2.05) is 6.07 Å². The molecule has 4 rings (SSSR count). The molecule has 120 valence electrons. The van der Waals surface area contributed by atoms with Crippen LogP contribution in [0.1, 0.15) is 12.5 Å². The molecule has 0 amide bonds. The van der Waals surface area contributed by atoms with Gasteiger partial charge in [-0.15, -0.1) is 0 Å². The minimum atomic E-state index is 0.0839. The second-order valence-electron chi connectivity index (χ2n) is 6.05. The zero-order valence-corrected chi connectivity index (χ0v) is 13.5. The Labute approximate surface area is 135 Å². The van der Waals surface area contributed by atoms with Crippen molar-refractivity contribution in [3.63, 3.8) is 0 Å². The molecule has 1 aliphatic rings. The Morgan fingerprint density at radius 1 is 1.00 bits per heavy atom. The molecule has 2 heterocycles. The highest BCUT2D eigenvalue weighted by Crippen LogP contribution is 2.32. The third-order valence-corrected chi connectivity index (χ3v) is 4.79. The van der Waals surface area contributed by atoms with Crippen LogP contribution in [0.5, 0.6) is 0 Å². The van der Waals surface area contributed by atoms with Gasteiger partial charge in [-0.2, -0.15) is 0 Å². The maximum Gasteiger partial charge on any atom is 0.0682 e. The number of aliphatic hydroxyl groups is 1. The number of anilines is 1. The Bertz CT molecular complexity index is 847. The van der Waals surface area contributed by atoms with Crippen LogP contribution in [0.2, 0.25) is 0 Å². The number of aryl methyl sites for hydroxylation is 1. The molecule has 0 bridgehead atoms. The monoisotopic (exact) mass is 310 g/mol. The molecule has 23 heavy (non-hydrogen) atoms. The summed E-state index contributed by atoms with van der Waals surface area (Å²) >= 11 is 0. The molecule has 0 radical (unpaired) electrons. The fourth-order valence-corrected chi connectivity index (χ4v) is 3.59. The minimum Gasteiger partial charge on any atom is -0.392 e. The molecule has 0 saturated carbocycles. The van der Waals surface area contributed by atoms with E-state index >= 15 is 0 Å². The summed E-state index contributed by atoms with van der Waals surface area (Å²) in [6, 6.07) is 13.0. The third kappa shape index (κ3) is 2.38. The Morgan fingerprint density at radius 3 is 2.57 bits per heavy atom. The number of morpholine rings is 1. The van der Waals surface area contributed by atoms with Gasteiger partial charge in [-0.05, 0) is 36.8 Å². The summed E-state index contributed by atoms with van der Waals surface area (Å²) in [7, 11) is 0. The maximum absolute atomic E-state index is 9.42. The van der Waals surface area contributed by atoms with Crippen molar-refractivity contribution in [1.82, 2.24) is 4.57 Å². The lowest BCUT2D eigenvalue weighted by atomic mass is 10.1. The summed E-state index contributed by atoms with van der Waals surface area (Å²) < 4.78 is 7.81. The SMILES string of the molecule is CCn1c2ccc(CO)cc2c2ccc(N3CCOCC3)cc21. The molecule has 0 atom stereocenters. The zero-order chi connectivity index (χ0) is 15.8. The molecule has 1 fully saturated rings. The van der Waals surface area contributed by atoms with Gasteiger partial charge in [-0.3, -0.25) is 0 Å². The van der Waals surface area contributed by atoms with Gasteiger partial charge >= 0.3 is 0 Å². The van der Waals surface area contributed by atoms with Crippen molar-refractivity contribution in [2.45, 2.75) is 20.1 Å². The van der Waals surface area contributed by atoms with Gasteiger partial charge in [0.25, 0.3) is 0 Å². The second-order valence-corrected chi connectivity index (χ2v) is 6.05. The molecule has 3 aromatic rings. The fraction of sp³-hybridized carbons (Fsp3) is 0.368. The number of benzene rings is 2. The van der Waals surface area contributed by atoms with E-state index in [2.05, 4.69) is 46.7 Å². The summed E-state index contributed by atoms with van der Waals surface area (Å²) in [5.41, 5.74) is 4.73. The van der Waals surface area contributed by atoms with Gasteiger partial charge < -0.3 is 19.3 Å². The lowest BCUT2D eigenvalue weighted by molar-refractivity contribution is 0.122. The first kappa shape index (κ1) is 14.5. The maximum atomic E-state index is 9.42. The zero-order valence-electron chi connectivity index (χ0n) is 13.5. The van der Waals surface area contributed by atoms with Gasteiger partial charge in [-0.25, -0.2) is 0 Å². The van der Waals surface area contributed by atoms with Crippen molar-refractivity contribution < 1.29 is 9.84 Å². The van der Waals surface area contributed by atoms with Crippen molar-refractivity contribution in [3.8, 4) is 0 Å². The molecule has 1 saturated heterocycles. The highest BCUT2D eigenvalue weighted by atomic mass is 16.5. The van der Waals surface area contributed by atoms with Crippen molar-refractivity contribution in [2.75, 3.05) is 31.2 Å². The first-order valence-corrected chi connectivity index (χ1v) is 8.30. The first-order valence-electron chi connectivity index (χ1n) is 8.30. The Morgan fingerprint density at radius 2 is 1.83 bits per heavy atom. The summed E-state index contributed by atoms with van der Waals surface area (Å²) in [6.07, 6.45) is 0. The van der Waals surface area contributed by atoms with E-state index in [-0.39, 0.29) is 6.61 Å². The van der Waals surface area contributed by atoms with Crippen LogP contribution < -0.4 is 4.90 Å². The largest absolute Gasteiger partial charge is 0.392 e. The predicted molar refractivity (Wildman–Crippen MR) is 94.1 cm³/mol. The topological polar surface area (TPSA) is 37.6 Å². The Kier molecular flexibility index (Phi) is 3.71. The number of rotatable bonds is 3. The van der Waals surface area contributed by atoms with Gasteiger partial charge in [0.2, 0.25) is 0 Å². The van der Waals surface area contributed by atoms with Gasteiger partial charge in [0, 0.05) is 41.6 Å². The Balaban J connectivity index is 1.91. The van der Waals surface area contributed by atoms with Gasteiger partial charge in [0.1, 0.15) is 0 Å². The van der Waals surface area contributed by atoms with Crippen LogP contribution in [-0.4, -0.2) is 36.0 Å². The number of aliphatic hydroxyl groups excluding tert-OH is 1. The van der Waals surface area contributed by atoms with E-state index in [0.717, 1.165) is 38.4 Å². The summed E-state index contributed by atoms with van der Waals surface area (Å²) in [4.78, 5) is 2.39. The number of fused-ring (bicyclic) bond motifs is 3. The van der Waals surface area contributed by atoms with Crippen molar-refractivity contribution >= 4 is 27.5 Å². The van der Waals surface area contributed by atoms with Gasteiger partial charge in [0.15, 0.2) is 0 Å². The number of ether oxygens (including phenoxy) is 1. The molecule has 2 aromatic carbocycles. The summed E-state index contributed by atoms with van der Waals surface area (Å²) in [5, 5.41) is 11.9. The average Bonchev–Trinajstić information content (AvgIpc) is 2.94. The number of hydrogen-bond acceptors (Lipinski definition) is 3.